The molecule has 3 amide bonds. The first-order chi connectivity index (χ1) is 15.7. The van der Waals surface area contributed by atoms with Gasteiger partial charge < -0.3 is 41.6 Å². The molecule has 1 aromatic rings. The SMILES string of the molecule is O=C(O)CCC(NC(=O)C(CO)NC(=O)C(Cc1cnc[nH]1)NC(=O)C1CCCN1)C(=O)O. The van der Waals surface area contributed by atoms with Crippen molar-refractivity contribution in [3.8, 4) is 0 Å². The van der Waals surface area contributed by atoms with E-state index in [1.807, 2.05) is 0 Å². The van der Waals surface area contributed by atoms with Crippen LogP contribution in [0.4, 0.5) is 0 Å². The van der Waals surface area contributed by atoms with Gasteiger partial charge in [0.05, 0.1) is 19.0 Å². The number of amides is 3. The van der Waals surface area contributed by atoms with Gasteiger partial charge in [0.25, 0.3) is 0 Å². The molecule has 0 saturated carbocycles. The van der Waals surface area contributed by atoms with E-state index in [1.54, 1.807) is 0 Å². The second-order valence-corrected chi connectivity index (χ2v) is 7.57. The zero-order chi connectivity index (χ0) is 24.4. The molecule has 0 radical (unpaired) electrons. The normalized spacial score (nSPS) is 18.0. The van der Waals surface area contributed by atoms with Crippen LogP contribution in [0.3, 0.4) is 0 Å². The Bertz CT molecular complexity index is 839. The van der Waals surface area contributed by atoms with Crippen LogP contribution < -0.4 is 21.3 Å². The third-order valence-corrected chi connectivity index (χ3v) is 5.07. The Hall–Kier alpha value is -3.52. The maximum Gasteiger partial charge on any atom is 0.326 e. The fourth-order valence-corrected chi connectivity index (χ4v) is 3.27. The van der Waals surface area contributed by atoms with Gasteiger partial charge in [0.15, 0.2) is 0 Å². The highest BCUT2D eigenvalue weighted by atomic mass is 16.4. The summed E-state index contributed by atoms with van der Waals surface area (Å²) in [7, 11) is 0. The molecule has 0 aromatic carbocycles. The van der Waals surface area contributed by atoms with E-state index in [2.05, 4.69) is 31.2 Å². The molecule has 8 N–H and O–H groups in total. The van der Waals surface area contributed by atoms with Crippen molar-refractivity contribution in [1.82, 2.24) is 31.2 Å². The minimum Gasteiger partial charge on any atom is -0.481 e. The Labute approximate surface area is 188 Å². The summed E-state index contributed by atoms with van der Waals surface area (Å²) in [4.78, 5) is 66.5. The quantitative estimate of drug-likeness (QED) is 0.147. The molecule has 14 nitrogen and oxygen atoms in total. The molecule has 2 heterocycles. The third kappa shape index (κ3) is 8.16. The zero-order valence-electron chi connectivity index (χ0n) is 17.7. The number of carbonyl (C=O) groups excluding carboxylic acids is 3. The molecule has 33 heavy (non-hydrogen) atoms. The van der Waals surface area contributed by atoms with Gasteiger partial charge in [-0.05, 0) is 25.8 Å². The number of hydrogen-bond donors (Lipinski definition) is 8. The molecule has 1 fully saturated rings. The molecule has 2 rings (SSSR count). The summed E-state index contributed by atoms with van der Waals surface area (Å²) in [5, 5.41) is 37.5. The molecule has 1 aromatic heterocycles. The molecule has 0 spiro atoms. The summed E-state index contributed by atoms with van der Waals surface area (Å²) < 4.78 is 0. The standard InChI is InChI=1S/C19H28N6O8/c26-8-14(18(31)23-12(19(32)33)3-4-15(27)28)25-17(30)13(6-10-7-20-9-22-10)24-16(29)11-2-1-5-21-11/h7,9,11-14,21,26H,1-6,8H2,(H,20,22)(H,23,31)(H,24,29)(H,25,30)(H,27,28)(H,32,33). The smallest absolute Gasteiger partial charge is 0.326 e. The largest absolute Gasteiger partial charge is 0.481 e. The number of hydrogen-bond acceptors (Lipinski definition) is 8. The Morgan fingerprint density at radius 2 is 1.76 bits per heavy atom. The first-order valence-electron chi connectivity index (χ1n) is 10.4. The molecule has 1 saturated heterocycles. The van der Waals surface area contributed by atoms with Crippen molar-refractivity contribution in [2.24, 2.45) is 0 Å². The highest BCUT2D eigenvalue weighted by Gasteiger charge is 2.31. The number of imidazole rings is 1. The molecule has 1 aliphatic rings. The van der Waals surface area contributed by atoms with Crippen LogP contribution in [0.2, 0.25) is 0 Å². The molecule has 0 bridgehead atoms. The summed E-state index contributed by atoms with van der Waals surface area (Å²) in [5.74, 6) is -4.87. The molecule has 0 aliphatic carbocycles. The van der Waals surface area contributed by atoms with Crippen LogP contribution in [0.15, 0.2) is 12.5 Å². The van der Waals surface area contributed by atoms with Gasteiger partial charge in [0.1, 0.15) is 18.1 Å². The highest BCUT2D eigenvalue weighted by molar-refractivity contribution is 5.94. The molecule has 4 unspecified atom stereocenters. The first kappa shape index (κ1) is 25.7. The lowest BCUT2D eigenvalue weighted by Crippen LogP contribution is -2.58. The van der Waals surface area contributed by atoms with Crippen LogP contribution in [0, 0.1) is 0 Å². The molecule has 4 atom stereocenters. The Morgan fingerprint density at radius 3 is 2.30 bits per heavy atom. The van der Waals surface area contributed by atoms with Crippen LogP contribution >= 0.6 is 0 Å². The van der Waals surface area contributed by atoms with E-state index < -0.39 is 66.9 Å². The zero-order valence-corrected chi connectivity index (χ0v) is 17.7. The third-order valence-electron chi connectivity index (χ3n) is 5.07. The maximum atomic E-state index is 12.9. The topological polar surface area (TPSA) is 223 Å². The van der Waals surface area contributed by atoms with Gasteiger partial charge in [-0.15, -0.1) is 0 Å². The number of aromatic nitrogens is 2. The average Bonchev–Trinajstić information content (AvgIpc) is 3.48. The summed E-state index contributed by atoms with van der Waals surface area (Å²) >= 11 is 0. The van der Waals surface area contributed by atoms with E-state index >= 15 is 0 Å². The van der Waals surface area contributed by atoms with Gasteiger partial charge in [-0.2, -0.15) is 0 Å². The van der Waals surface area contributed by atoms with Gasteiger partial charge in [-0.3, -0.25) is 19.2 Å². The molecule has 1 aliphatic heterocycles. The summed E-state index contributed by atoms with van der Waals surface area (Å²) in [5.41, 5.74) is 0.541. The monoisotopic (exact) mass is 468 g/mol. The van der Waals surface area contributed by atoms with Crippen LogP contribution in [-0.4, -0.2) is 92.3 Å². The number of aromatic amines is 1. The predicted molar refractivity (Wildman–Crippen MR) is 111 cm³/mol. The van der Waals surface area contributed by atoms with E-state index in [9.17, 15) is 34.2 Å². The van der Waals surface area contributed by atoms with Crippen LogP contribution in [0.5, 0.6) is 0 Å². The van der Waals surface area contributed by atoms with Gasteiger partial charge in [-0.1, -0.05) is 0 Å². The van der Waals surface area contributed by atoms with Gasteiger partial charge in [0, 0.05) is 24.7 Å². The Kier molecular flexibility index (Phi) is 9.75. The van der Waals surface area contributed by atoms with E-state index in [4.69, 9.17) is 5.11 Å². The van der Waals surface area contributed by atoms with Crippen LogP contribution in [-0.2, 0) is 30.4 Å². The van der Waals surface area contributed by atoms with E-state index in [0.717, 1.165) is 6.42 Å². The van der Waals surface area contributed by atoms with Gasteiger partial charge in [0.2, 0.25) is 17.7 Å². The van der Waals surface area contributed by atoms with Crippen molar-refractivity contribution in [1.29, 1.82) is 0 Å². The number of nitrogens with zero attached hydrogens (tertiary/aromatic N) is 1. The fraction of sp³-hybridized carbons (Fsp3) is 0.579. The van der Waals surface area contributed by atoms with Crippen molar-refractivity contribution >= 4 is 29.7 Å². The number of aliphatic hydroxyl groups is 1. The van der Waals surface area contributed by atoms with E-state index in [0.29, 0.717) is 18.7 Å². The number of nitrogens with one attached hydrogen (secondary N) is 5. The Morgan fingerprint density at radius 1 is 1.06 bits per heavy atom. The van der Waals surface area contributed by atoms with Gasteiger partial charge in [-0.25, -0.2) is 9.78 Å². The molecule has 14 heteroatoms. The fourth-order valence-electron chi connectivity index (χ4n) is 3.27. The second-order valence-electron chi connectivity index (χ2n) is 7.57. The second kappa shape index (κ2) is 12.5. The summed E-state index contributed by atoms with van der Waals surface area (Å²) in [6, 6.07) is -4.60. The van der Waals surface area contributed by atoms with Crippen molar-refractivity contribution < 1.29 is 39.3 Å². The Balaban J connectivity index is 2.05. The molecule has 182 valence electrons. The van der Waals surface area contributed by atoms with E-state index in [-0.39, 0.29) is 12.8 Å². The molecular formula is C19H28N6O8. The number of rotatable bonds is 13. The number of H-pyrrole nitrogens is 1. The lowest BCUT2D eigenvalue weighted by molar-refractivity contribution is -0.143. The summed E-state index contributed by atoms with van der Waals surface area (Å²) in [6.45, 7) is -0.174. The van der Waals surface area contributed by atoms with Crippen molar-refractivity contribution in [2.75, 3.05) is 13.2 Å². The highest BCUT2D eigenvalue weighted by Crippen LogP contribution is 2.07. The number of carboxylic acid groups (broad SMARTS) is 2. The number of aliphatic carboxylic acids is 2. The number of carbonyl (C=O) groups is 5. The summed E-state index contributed by atoms with van der Waals surface area (Å²) in [6.07, 6.45) is 3.44. The van der Waals surface area contributed by atoms with Crippen LogP contribution in [0.1, 0.15) is 31.4 Å². The van der Waals surface area contributed by atoms with Gasteiger partial charge >= 0.3 is 11.9 Å². The number of carboxylic acids is 2. The average molecular weight is 468 g/mol. The first-order valence-corrected chi connectivity index (χ1v) is 10.4. The predicted octanol–water partition coefficient (Wildman–Crippen LogP) is -2.90. The van der Waals surface area contributed by atoms with E-state index in [1.165, 1.54) is 12.5 Å². The van der Waals surface area contributed by atoms with Crippen molar-refractivity contribution in [3.05, 3.63) is 18.2 Å². The minimum atomic E-state index is -1.52. The van der Waals surface area contributed by atoms with Crippen molar-refractivity contribution in [3.63, 3.8) is 0 Å². The number of aliphatic hydroxyl groups excluding tert-OH is 1. The minimum absolute atomic E-state index is 0.0282. The maximum absolute atomic E-state index is 12.9. The van der Waals surface area contributed by atoms with Crippen molar-refractivity contribution in [2.45, 2.75) is 56.3 Å². The van der Waals surface area contributed by atoms with Crippen LogP contribution in [0.25, 0.3) is 0 Å². The lowest BCUT2D eigenvalue weighted by Gasteiger charge is -2.24. The lowest BCUT2D eigenvalue weighted by atomic mass is 10.1. The molecular weight excluding hydrogens is 440 g/mol.